The molecule has 0 aliphatic carbocycles. The van der Waals surface area contributed by atoms with Crippen LogP contribution in [-0.4, -0.2) is 29.0 Å². The molecule has 35 heavy (non-hydrogen) atoms. The Labute approximate surface area is 204 Å². The molecule has 6 nitrogen and oxygen atoms in total. The van der Waals surface area contributed by atoms with Crippen LogP contribution >= 0.6 is 11.6 Å². The van der Waals surface area contributed by atoms with E-state index in [1.807, 2.05) is 6.92 Å². The molecule has 2 N–H and O–H groups in total. The zero-order chi connectivity index (χ0) is 25.4. The van der Waals surface area contributed by atoms with Gasteiger partial charge in [-0.1, -0.05) is 23.7 Å². The third kappa shape index (κ3) is 4.64. The number of rotatable bonds is 5. The molecule has 0 bridgehead atoms. The van der Waals surface area contributed by atoms with Crippen LogP contribution in [0.5, 0.6) is 5.75 Å². The minimum atomic E-state index is -0.997. The first-order valence-corrected chi connectivity index (χ1v) is 11.0. The maximum Gasteiger partial charge on any atom is 0.325 e. The molecule has 0 aromatic heterocycles. The van der Waals surface area contributed by atoms with E-state index in [0.717, 1.165) is 17.7 Å². The van der Waals surface area contributed by atoms with Gasteiger partial charge in [-0.25, -0.2) is 18.0 Å². The number of nitrogens with zero attached hydrogens (tertiary/aromatic N) is 2. The number of anilines is 1. The first-order chi connectivity index (χ1) is 16.6. The molecule has 0 spiro atoms. The average molecular weight is 504 g/mol. The average Bonchev–Trinajstić information content (AvgIpc) is 2.80. The second kappa shape index (κ2) is 9.50. The fourth-order valence-electron chi connectivity index (χ4n) is 3.96. The molecule has 1 aliphatic rings. The Hall–Kier alpha value is -3.72. The van der Waals surface area contributed by atoms with Crippen molar-refractivity contribution >= 4 is 29.2 Å². The van der Waals surface area contributed by atoms with Gasteiger partial charge in [0.25, 0.3) is 5.91 Å². The molecule has 182 valence electrons. The molecule has 3 aromatic rings. The number of nitrogens with one attached hydrogen (secondary N) is 1. The number of carbonyl (C=O) groups excluding carboxylic acids is 2. The predicted molar refractivity (Wildman–Crippen MR) is 125 cm³/mol. The molecule has 0 unspecified atom stereocenters. The predicted octanol–water partition coefficient (Wildman–Crippen LogP) is 5.53. The van der Waals surface area contributed by atoms with E-state index in [-0.39, 0.29) is 28.7 Å². The van der Waals surface area contributed by atoms with Crippen LogP contribution in [0.25, 0.3) is 0 Å². The molecular formula is C25H21ClF3N3O3. The van der Waals surface area contributed by atoms with Crippen LogP contribution in [0, 0.1) is 17.5 Å². The van der Waals surface area contributed by atoms with Gasteiger partial charge >= 0.3 is 6.03 Å². The van der Waals surface area contributed by atoms with Crippen LogP contribution in [0.4, 0.5) is 23.7 Å². The van der Waals surface area contributed by atoms with Crippen molar-refractivity contribution in [1.29, 1.82) is 0 Å². The van der Waals surface area contributed by atoms with Crippen molar-refractivity contribution in [3.05, 3.63) is 93.3 Å². The third-order valence-electron chi connectivity index (χ3n) is 6.08. The molecular weight excluding hydrogens is 483 g/mol. The standard InChI is InChI=1S/C25H21ClF3N3O3/c1-13-16-7-6-14(24(34)30-11-17-21(28)9-15(33)10-22(17)29)8-23(16)32(25(35)31(13)2)12-18-19(26)4-3-5-20(18)27/h3-10,13,33H,11-12H2,1-2H3,(H,30,34)/t13-/m0/s1. The van der Waals surface area contributed by atoms with E-state index in [1.165, 1.54) is 40.1 Å². The number of benzene rings is 3. The smallest absolute Gasteiger partial charge is 0.325 e. The summed E-state index contributed by atoms with van der Waals surface area (Å²) in [5, 5.41) is 11.9. The first kappa shape index (κ1) is 24.4. The van der Waals surface area contributed by atoms with Crippen LogP contribution in [-0.2, 0) is 13.1 Å². The van der Waals surface area contributed by atoms with E-state index >= 15 is 0 Å². The number of amides is 3. The van der Waals surface area contributed by atoms with Crippen molar-refractivity contribution in [3.8, 4) is 5.75 Å². The summed E-state index contributed by atoms with van der Waals surface area (Å²) in [7, 11) is 1.62. The van der Waals surface area contributed by atoms with Gasteiger partial charge in [-0.3, -0.25) is 9.69 Å². The Kier molecular flexibility index (Phi) is 6.62. The van der Waals surface area contributed by atoms with Crippen molar-refractivity contribution in [2.24, 2.45) is 0 Å². The highest BCUT2D eigenvalue weighted by Gasteiger charge is 2.34. The van der Waals surface area contributed by atoms with Crippen molar-refractivity contribution in [3.63, 3.8) is 0 Å². The number of halogens is 4. The first-order valence-electron chi connectivity index (χ1n) is 10.6. The minimum Gasteiger partial charge on any atom is -0.508 e. The van der Waals surface area contributed by atoms with E-state index in [9.17, 15) is 27.9 Å². The Morgan fingerprint density at radius 1 is 1.06 bits per heavy atom. The van der Waals surface area contributed by atoms with Crippen molar-refractivity contribution < 1.29 is 27.9 Å². The van der Waals surface area contributed by atoms with Crippen molar-refractivity contribution in [2.75, 3.05) is 11.9 Å². The van der Waals surface area contributed by atoms with Crippen molar-refractivity contribution in [2.45, 2.75) is 26.1 Å². The number of hydrogen-bond acceptors (Lipinski definition) is 3. The minimum absolute atomic E-state index is 0.129. The molecule has 10 heteroatoms. The summed E-state index contributed by atoms with van der Waals surface area (Å²) in [5.74, 6) is -3.77. The Bertz CT molecular complexity index is 1290. The number of carbonyl (C=O) groups is 2. The molecule has 3 aromatic carbocycles. The molecule has 1 atom stereocenters. The summed E-state index contributed by atoms with van der Waals surface area (Å²) >= 11 is 6.17. The normalized spacial score (nSPS) is 15.3. The van der Waals surface area contributed by atoms with Gasteiger partial charge < -0.3 is 15.3 Å². The quantitative estimate of drug-likeness (QED) is 0.481. The van der Waals surface area contributed by atoms with Gasteiger partial charge in [-0.15, -0.1) is 0 Å². The number of hydrogen-bond donors (Lipinski definition) is 2. The lowest BCUT2D eigenvalue weighted by Gasteiger charge is -2.39. The van der Waals surface area contributed by atoms with E-state index in [4.69, 9.17) is 11.6 Å². The Morgan fingerprint density at radius 3 is 2.40 bits per heavy atom. The van der Waals surface area contributed by atoms with E-state index in [2.05, 4.69) is 5.32 Å². The fourth-order valence-corrected chi connectivity index (χ4v) is 4.19. The molecule has 4 rings (SSSR count). The summed E-state index contributed by atoms with van der Waals surface area (Å²) in [6.45, 7) is 1.20. The highest BCUT2D eigenvalue weighted by molar-refractivity contribution is 6.31. The number of phenols is 1. The van der Waals surface area contributed by atoms with E-state index in [1.54, 1.807) is 13.1 Å². The monoisotopic (exact) mass is 503 g/mol. The topological polar surface area (TPSA) is 72.9 Å². The lowest BCUT2D eigenvalue weighted by atomic mass is 9.98. The number of aromatic hydroxyl groups is 1. The van der Waals surface area contributed by atoms with Crippen LogP contribution in [0.15, 0.2) is 48.5 Å². The van der Waals surface area contributed by atoms with Gasteiger partial charge in [0.2, 0.25) is 0 Å². The maximum atomic E-state index is 14.5. The second-order valence-electron chi connectivity index (χ2n) is 8.20. The van der Waals surface area contributed by atoms with Crippen LogP contribution in [0.2, 0.25) is 5.02 Å². The molecule has 0 saturated heterocycles. The Morgan fingerprint density at radius 2 is 1.74 bits per heavy atom. The van der Waals surface area contributed by atoms with Crippen LogP contribution in [0.3, 0.4) is 0 Å². The summed E-state index contributed by atoms with van der Waals surface area (Å²) < 4.78 is 42.5. The number of fused-ring (bicyclic) bond motifs is 1. The van der Waals surface area contributed by atoms with Crippen LogP contribution in [0.1, 0.15) is 40.0 Å². The van der Waals surface area contributed by atoms with Gasteiger partial charge in [0, 0.05) is 47.4 Å². The van der Waals surface area contributed by atoms with Gasteiger partial charge in [-0.05, 0) is 36.8 Å². The van der Waals surface area contributed by atoms with Crippen molar-refractivity contribution in [1.82, 2.24) is 10.2 Å². The summed E-state index contributed by atoms with van der Waals surface area (Å²) in [4.78, 5) is 28.7. The van der Waals surface area contributed by atoms with E-state index < -0.39 is 47.2 Å². The molecule has 0 saturated carbocycles. The van der Waals surface area contributed by atoms with Gasteiger partial charge in [-0.2, -0.15) is 0 Å². The molecule has 3 amide bonds. The summed E-state index contributed by atoms with van der Waals surface area (Å²) in [6.07, 6.45) is 0. The zero-order valence-electron chi connectivity index (χ0n) is 18.8. The van der Waals surface area contributed by atoms with Crippen LogP contribution < -0.4 is 10.2 Å². The van der Waals surface area contributed by atoms with Gasteiger partial charge in [0.05, 0.1) is 18.3 Å². The lowest BCUT2D eigenvalue weighted by molar-refractivity contribution is 0.0950. The molecule has 1 aliphatic heterocycles. The zero-order valence-corrected chi connectivity index (χ0v) is 19.5. The fraction of sp³-hybridized carbons (Fsp3) is 0.200. The second-order valence-corrected chi connectivity index (χ2v) is 8.61. The maximum absolute atomic E-state index is 14.5. The lowest BCUT2D eigenvalue weighted by Crippen LogP contribution is -2.46. The molecule has 0 fully saturated rings. The largest absolute Gasteiger partial charge is 0.508 e. The Balaban J connectivity index is 1.65. The SMILES string of the molecule is C[C@H]1c2ccc(C(=O)NCc3c(F)cc(O)cc3F)cc2N(Cc2c(F)cccc2Cl)C(=O)N1C. The number of phenolic OH excluding ortho intramolecular Hbond substituents is 1. The van der Waals surface area contributed by atoms with Gasteiger partial charge in [0.1, 0.15) is 23.2 Å². The number of urea groups is 1. The third-order valence-corrected chi connectivity index (χ3v) is 6.43. The molecule has 1 heterocycles. The van der Waals surface area contributed by atoms with Gasteiger partial charge in [0.15, 0.2) is 0 Å². The summed E-state index contributed by atoms with van der Waals surface area (Å²) in [6, 6.07) is 9.69. The summed E-state index contributed by atoms with van der Waals surface area (Å²) in [5.41, 5.74) is 0.985. The highest BCUT2D eigenvalue weighted by Crippen LogP contribution is 2.38. The highest BCUT2D eigenvalue weighted by atomic mass is 35.5. The molecule has 0 radical (unpaired) electrons. The van der Waals surface area contributed by atoms with E-state index in [0.29, 0.717) is 5.69 Å².